The maximum absolute atomic E-state index is 12.4. The van der Waals surface area contributed by atoms with Gasteiger partial charge in [-0.25, -0.2) is 4.98 Å². The second-order valence-electron chi connectivity index (χ2n) is 4.84. The van der Waals surface area contributed by atoms with Gasteiger partial charge in [-0.1, -0.05) is 0 Å². The standard InChI is InChI=1S/C15H15F3N2O3/c1-9-10(2)23-14(20-9)7-19-13(21)8-22-12-5-3-11(4-6-12)15(16,17)18/h3-6H,7-8H2,1-2H3,(H,19,21). The Balaban J connectivity index is 1.80. The molecule has 1 amide bonds. The second kappa shape index (κ2) is 6.72. The predicted molar refractivity (Wildman–Crippen MR) is 74.8 cm³/mol. The molecule has 0 saturated carbocycles. The maximum atomic E-state index is 12.4. The Morgan fingerprint density at radius 3 is 2.43 bits per heavy atom. The summed E-state index contributed by atoms with van der Waals surface area (Å²) in [6.07, 6.45) is -4.40. The molecule has 0 aliphatic carbocycles. The summed E-state index contributed by atoms with van der Waals surface area (Å²) >= 11 is 0. The van der Waals surface area contributed by atoms with Gasteiger partial charge in [0.1, 0.15) is 11.5 Å². The lowest BCUT2D eigenvalue weighted by molar-refractivity contribution is -0.137. The normalized spacial score (nSPS) is 11.3. The van der Waals surface area contributed by atoms with Crippen LogP contribution in [0.2, 0.25) is 0 Å². The van der Waals surface area contributed by atoms with Crippen LogP contribution >= 0.6 is 0 Å². The van der Waals surface area contributed by atoms with Crippen LogP contribution in [0.4, 0.5) is 13.2 Å². The van der Waals surface area contributed by atoms with Crippen LogP contribution in [0.3, 0.4) is 0 Å². The van der Waals surface area contributed by atoms with Gasteiger partial charge in [-0.05, 0) is 38.1 Å². The molecule has 5 nitrogen and oxygen atoms in total. The molecule has 0 unspecified atom stereocenters. The van der Waals surface area contributed by atoms with E-state index >= 15 is 0 Å². The van der Waals surface area contributed by atoms with E-state index in [1.807, 2.05) is 0 Å². The number of alkyl halides is 3. The highest BCUT2D eigenvalue weighted by Crippen LogP contribution is 2.30. The Morgan fingerprint density at radius 2 is 1.91 bits per heavy atom. The summed E-state index contributed by atoms with van der Waals surface area (Å²) in [7, 11) is 0. The number of hydrogen-bond acceptors (Lipinski definition) is 4. The summed E-state index contributed by atoms with van der Waals surface area (Å²) in [5.74, 6) is 0.799. The molecule has 124 valence electrons. The molecule has 1 heterocycles. The lowest BCUT2D eigenvalue weighted by Crippen LogP contribution is -2.28. The minimum atomic E-state index is -4.40. The van der Waals surface area contributed by atoms with Crippen LogP contribution in [-0.4, -0.2) is 17.5 Å². The highest BCUT2D eigenvalue weighted by atomic mass is 19.4. The molecule has 0 atom stereocenters. The lowest BCUT2D eigenvalue weighted by Gasteiger charge is -2.09. The van der Waals surface area contributed by atoms with Crippen LogP contribution in [-0.2, 0) is 17.5 Å². The van der Waals surface area contributed by atoms with Gasteiger partial charge in [0.05, 0.1) is 17.8 Å². The van der Waals surface area contributed by atoms with Crippen molar-refractivity contribution >= 4 is 5.91 Å². The van der Waals surface area contributed by atoms with Crippen LogP contribution in [0.5, 0.6) is 5.75 Å². The van der Waals surface area contributed by atoms with E-state index in [9.17, 15) is 18.0 Å². The summed E-state index contributed by atoms with van der Waals surface area (Å²) in [5, 5.41) is 2.55. The Labute approximate surface area is 130 Å². The SMILES string of the molecule is Cc1nc(CNC(=O)COc2ccc(C(F)(F)F)cc2)oc1C. The van der Waals surface area contributed by atoms with E-state index in [1.54, 1.807) is 13.8 Å². The number of carbonyl (C=O) groups is 1. The molecule has 8 heteroatoms. The topological polar surface area (TPSA) is 64.4 Å². The first-order valence-corrected chi connectivity index (χ1v) is 6.75. The van der Waals surface area contributed by atoms with Crippen molar-refractivity contribution in [3.05, 3.63) is 47.2 Å². The van der Waals surface area contributed by atoms with E-state index < -0.39 is 17.6 Å². The number of amides is 1. The number of aromatic nitrogens is 1. The van der Waals surface area contributed by atoms with Crippen molar-refractivity contribution < 1.29 is 27.1 Å². The van der Waals surface area contributed by atoms with Crippen LogP contribution in [0.25, 0.3) is 0 Å². The van der Waals surface area contributed by atoms with Crippen molar-refractivity contribution in [3.63, 3.8) is 0 Å². The number of rotatable bonds is 5. The Bertz CT molecular complexity index is 659. The minimum absolute atomic E-state index is 0.115. The van der Waals surface area contributed by atoms with Gasteiger partial charge in [0.2, 0.25) is 5.89 Å². The summed E-state index contributed by atoms with van der Waals surface area (Å²) in [6.45, 7) is 3.35. The highest BCUT2D eigenvalue weighted by molar-refractivity contribution is 5.77. The smallest absolute Gasteiger partial charge is 0.416 e. The summed E-state index contributed by atoms with van der Waals surface area (Å²) in [4.78, 5) is 15.7. The number of carbonyl (C=O) groups excluding carboxylic acids is 1. The zero-order chi connectivity index (χ0) is 17.0. The van der Waals surface area contributed by atoms with Gasteiger partial charge >= 0.3 is 6.18 Å². The van der Waals surface area contributed by atoms with E-state index in [2.05, 4.69) is 10.3 Å². The molecule has 0 aliphatic heterocycles. The summed E-state index contributed by atoms with van der Waals surface area (Å²) in [6, 6.07) is 4.12. The van der Waals surface area contributed by atoms with Crippen LogP contribution in [0.1, 0.15) is 22.9 Å². The monoisotopic (exact) mass is 328 g/mol. The van der Waals surface area contributed by atoms with E-state index in [-0.39, 0.29) is 18.9 Å². The van der Waals surface area contributed by atoms with Crippen LogP contribution in [0, 0.1) is 13.8 Å². The molecule has 1 aromatic carbocycles. The van der Waals surface area contributed by atoms with Gasteiger partial charge in [-0.2, -0.15) is 13.2 Å². The van der Waals surface area contributed by atoms with Crippen molar-refractivity contribution in [3.8, 4) is 5.75 Å². The average molecular weight is 328 g/mol. The fourth-order valence-corrected chi connectivity index (χ4v) is 1.73. The second-order valence-corrected chi connectivity index (χ2v) is 4.84. The Morgan fingerprint density at radius 1 is 1.26 bits per heavy atom. The van der Waals surface area contributed by atoms with Gasteiger partial charge in [0.15, 0.2) is 6.61 Å². The molecule has 0 radical (unpaired) electrons. The first-order valence-electron chi connectivity index (χ1n) is 6.75. The molecule has 0 spiro atoms. The molecular weight excluding hydrogens is 313 g/mol. The molecule has 0 bridgehead atoms. The minimum Gasteiger partial charge on any atom is -0.484 e. The van der Waals surface area contributed by atoms with Crippen molar-refractivity contribution in [2.24, 2.45) is 0 Å². The van der Waals surface area contributed by atoms with Gasteiger partial charge in [-0.15, -0.1) is 0 Å². The number of hydrogen-bond donors (Lipinski definition) is 1. The molecule has 0 fully saturated rings. The summed E-state index contributed by atoms with van der Waals surface area (Å²) in [5.41, 5.74) is -0.0285. The molecule has 1 N–H and O–H groups in total. The van der Waals surface area contributed by atoms with Gasteiger partial charge in [0.25, 0.3) is 5.91 Å². The lowest BCUT2D eigenvalue weighted by atomic mass is 10.2. The third-order valence-electron chi connectivity index (χ3n) is 3.06. The zero-order valence-corrected chi connectivity index (χ0v) is 12.5. The average Bonchev–Trinajstić information content (AvgIpc) is 2.81. The number of nitrogens with zero attached hydrogens (tertiary/aromatic N) is 1. The first kappa shape index (κ1) is 16.9. The molecule has 23 heavy (non-hydrogen) atoms. The first-order chi connectivity index (χ1) is 10.8. The molecular formula is C15H15F3N2O3. The fourth-order valence-electron chi connectivity index (χ4n) is 1.73. The van der Waals surface area contributed by atoms with Crippen molar-refractivity contribution in [1.29, 1.82) is 0 Å². The third-order valence-corrected chi connectivity index (χ3v) is 3.06. The maximum Gasteiger partial charge on any atom is 0.416 e. The van der Waals surface area contributed by atoms with Crippen molar-refractivity contribution in [1.82, 2.24) is 10.3 Å². The number of ether oxygens (including phenoxy) is 1. The molecule has 1 aromatic heterocycles. The molecule has 0 saturated heterocycles. The van der Waals surface area contributed by atoms with E-state index in [4.69, 9.17) is 9.15 Å². The van der Waals surface area contributed by atoms with E-state index in [0.717, 1.165) is 30.0 Å². The number of halogens is 3. The van der Waals surface area contributed by atoms with E-state index in [1.165, 1.54) is 0 Å². The highest BCUT2D eigenvalue weighted by Gasteiger charge is 2.30. The number of nitrogens with one attached hydrogen (secondary N) is 1. The Kier molecular flexibility index (Phi) is 4.92. The van der Waals surface area contributed by atoms with Crippen LogP contribution < -0.4 is 10.1 Å². The zero-order valence-electron chi connectivity index (χ0n) is 12.5. The van der Waals surface area contributed by atoms with Gasteiger partial charge in [-0.3, -0.25) is 4.79 Å². The van der Waals surface area contributed by atoms with Crippen molar-refractivity contribution in [2.45, 2.75) is 26.6 Å². The number of oxazole rings is 1. The number of benzene rings is 1. The quantitative estimate of drug-likeness (QED) is 0.916. The third kappa shape index (κ3) is 4.73. The largest absolute Gasteiger partial charge is 0.484 e. The van der Waals surface area contributed by atoms with Crippen molar-refractivity contribution in [2.75, 3.05) is 6.61 Å². The number of aryl methyl sites for hydroxylation is 2. The predicted octanol–water partition coefficient (Wildman–Crippen LogP) is 3.01. The molecule has 2 rings (SSSR count). The molecule has 0 aliphatic rings. The van der Waals surface area contributed by atoms with Crippen LogP contribution in [0.15, 0.2) is 28.7 Å². The fraction of sp³-hybridized carbons (Fsp3) is 0.333. The summed E-state index contributed by atoms with van der Waals surface area (Å²) < 4.78 is 47.6. The Hall–Kier alpha value is -2.51. The molecule has 2 aromatic rings. The van der Waals surface area contributed by atoms with Gasteiger partial charge < -0.3 is 14.5 Å². The van der Waals surface area contributed by atoms with Gasteiger partial charge in [0, 0.05) is 0 Å². The van der Waals surface area contributed by atoms with E-state index in [0.29, 0.717) is 11.7 Å².